The third-order valence-corrected chi connectivity index (χ3v) is 2.86. The molecule has 0 aliphatic carbocycles. The molecule has 0 atom stereocenters. The number of ether oxygens (including phenoxy) is 1. The molecule has 1 aromatic carbocycles. The molecular formula is C15H16N2O2. The van der Waals surface area contributed by atoms with E-state index >= 15 is 0 Å². The molecule has 0 unspecified atom stereocenters. The zero-order chi connectivity index (χ0) is 13.8. The monoisotopic (exact) mass is 256 g/mol. The van der Waals surface area contributed by atoms with E-state index in [-0.39, 0.29) is 0 Å². The number of benzene rings is 1. The summed E-state index contributed by atoms with van der Waals surface area (Å²) < 4.78 is 5.35. The summed E-state index contributed by atoms with van der Waals surface area (Å²) in [5, 5.41) is 0. The summed E-state index contributed by atoms with van der Waals surface area (Å²) in [5.41, 5.74) is 2.62. The molecule has 4 heteroatoms. The second-order valence-electron chi connectivity index (χ2n) is 4.38. The molecule has 4 nitrogen and oxygen atoms in total. The second kappa shape index (κ2) is 5.52. The number of hydrogen-bond donors (Lipinski definition) is 0. The molecule has 0 aliphatic heterocycles. The van der Waals surface area contributed by atoms with Gasteiger partial charge in [0.25, 0.3) is 0 Å². The molecule has 0 bridgehead atoms. The van der Waals surface area contributed by atoms with Gasteiger partial charge in [0.1, 0.15) is 6.29 Å². The molecule has 19 heavy (non-hydrogen) atoms. The fraction of sp³-hybridized carbons (Fsp3) is 0.200. The number of pyridine rings is 1. The highest BCUT2D eigenvalue weighted by Gasteiger charge is 2.09. The topological polar surface area (TPSA) is 42.4 Å². The van der Waals surface area contributed by atoms with Crippen molar-refractivity contribution < 1.29 is 9.53 Å². The lowest BCUT2D eigenvalue weighted by atomic mass is 10.1. The summed E-state index contributed by atoms with van der Waals surface area (Å²) in [6, 6.07) is 9.31. The Morgan fingerprint density at radius 2 is 1.84 bits per heavy atom. The highest BCUT2D eigenvalue weighted by molar-refractivity contribution is 5.77. The van der Waals surface area contributed by atoms with Crippen molar-refractivity contribution in [1.82, 2.24) is 4.98 Å². The SMILES string of the molecule is COc1cc(-c2ccc(C=O)cc2)cnc1N(C)C. The fourth-order valence-electron chi connectivity index (χ4n) is 1.84. The van der Waals surface area contributed by atoms with E-state index in [1.807, 2.05) is 37.2 Å². The van der Waals surface area contributed by atoms with E-state index in [1.165, 1.54) is 0 Å². The molecule has 0 saturated heterocycles. The number of carbonyl (C=O) groups is 1. The summed E-state index contributed by atoms with van der Waals surface area (Å²) in [6.45, 7) is 0. The summed E-state index contributed by atoms with van der Waals surface area (Å²) >= 11 is 0. The van der Waals surface area contributed by atoms with Gasteiger partial charge in [-0.2, -0.15) is 0 Å². The van der Waals surface area contributed by atoms with Crippen molar-refractivity contribution in [2.75, 3.05) is 26.1 Å². The summed E-state index contributed by atoms with van der Waals surface area (Å²) in [4.78, 5) is 16.9. The lowest BCUT2D eigenvalue weighted by Gasteiger charge is -2.16. The van der Waals surface area contributed by atoms with Gasteiger partial charge in [-0.05, 0) is 11.6 Å². The molecule has 1 aromatic heterocycles. The van der Waals surface area contributed by atoms with Gasteiger partial charge in [0.05, 0.1) is 7.11 Å². The highest BCUT2D eigenvalue weighted by atomic mass is 16.5. The van der Waals surface area contributed by atoms with E-state index in [1.54, 1.807) is 25.4 Å². The van der Waals surface area contributed by atoms with Gasteiger partial charge in [-0.3, -0.25) is 4.79 Å². The van der Waals surface area contributed by atoms with Gasteiger partial charge in [-0.15, -0.1) is 0 Å². The molecule has 2 aromatic rings. The average Bonchev–Trinajstić information content (AvgIpc) is 2.46. The van der Waals surface area contributed by atoms with Crippen LogP contribution in [0.3, 0.4) is 0 Å². The predicted molar refractivity (Wildman–Crippen MR) is 75.9 cm³/mol. The zero-order valence-electron chi connectivity index (χ0n) is 11.3. The Bertz CT molecular complexity index is 577. The molecule has 1 heterocycles. The van der Waals surface area contributed by atoms with Crippen LogP contribution in [0.15, 0.2) is 36.5 Å². The van der Waals surface area contributed by atoms with Gasteiger partial charge in [0.15, 0.2) is 11.6 Å². The smallest absolute Gasteiger partial charge is 0.170 e. The van der Waals surface area contributed by atoms with Crippen LogP contribution in [-0.4, -0.2) is 32.5 Å². The van der Waals surface area contributed by atoms with Crippen LogP contribution in [0.4, 0.5) is 5.82 Å². The van der Waals surface area contributed by atoms with E-state index in [2.05, 4.69) is 4.98 Å². The van der Waals surface area contributed by atoms with Crippen molar-refractivity contribution in [1.29, 1.82) is 0 Å². The van der Waals surface area contributed by atoms with E-state index < -0.39 is 0 Å². The van der Waals surface area contributed by atoms with Gasteiger partial charge in [-0.25, -0.2) is 4.98 Å². The lowest BCUT2D eigenvalue weighted by molar-refractivity contribution is 0.112. The quantitative estimate of drug-likeness (QED) is 0.789. The minimum atomic E-state index is 0.661. The van der Waals surface area contributed by atoms with Crippen LogP contribution in [0.2, 0.25) is 0 Å². The van der Waals surface area contributed by atoms with E-state index in [0.29, 0.717) is 5.56 Å². The minimum absolute atomic E-state index is 0.661. The van der Waals surface area contributed by atoms with Crippen molar-refractivity contribution in [2.45, 2.75) is 0 Å². The van der Waals surface area contributed by atoms with E-state index in [4.69, 9.17) is 4.74 Å². The number of methoxy groups -OCH3 is 1. The van der Waals surface area contributed by atoms with Crippen molar-refractivity contribution in [3.63, 3.8) is 0 Å². The average molecular weight is 256 g/mol. The van der Waals surface area contributed by atoms with Crippen LogP contribution in [-0.2, 0) is 0 Å². The number of hydrogen-bond acceptors (Lipinski definition) is 4. The predicted octanol–water partition coefficient (Wildman–Crippen LogP) is 2.64. The van der Waals surface area contributed by atoms with Crippen molar-refractivity contribution in [3.8, 4) is 16.9 Å². The molecule has 2 rings (SSSR count). The Morgan fingerprint density at radius 3 is 2.37 bits per heavy atom. The molecule has 0 amide bonds. The van der Waals surface area contributed by atoms with Crippen LogP contribution < -0.4 is 9.64 Å². The van der Waals surface area contributed by atoms with Crippen LogP contribution >= 0.6 is 0 Å². The maximum Gasteiger partial charge on any atom is 0.170 e. The van der Waals surface area contributed by atoms with Crippen molar-refractivity contribution >= 4 is 12.1 Å². The molecule has 0 spiro atoms. The molecular weight excluding hydrogens is 240 g/mol. The Balaban J connectivity index is 2.42. The summed E-state index contributed by atoms with van der Waals surface area (Å²) in [5.74, 6) is 1.51. The van der Waals surface area contributed by atoms with Gasteiger partial charge in [-0.1, -0.05) is 24.3 Å². The fourth-order valence-corrected chi connectivity index (χ4v) is 1.84. The van der Waals surface area contributed by atoms with Crippen molar-refractivity contribution in [2.24, 2.45) is 0 Å². The summed E-state index contributed by atoms with van der Waals surface area (Å²) in [6.07, 6.45) is 2.63. The Hall–Kier alpha value is -2.36. The van der Waals surface area contributed by atoms with Gasteiger partial charge < -0.3 is 9.64 Å². The largest absolute Gasteiger partial charge is 0.493 e. The normalized spacial score (nSPS) is 10.1. The van der Waals surface area contributed by atoms with Crippen LogP contribution in [0.1, 0.15) is 10.4 Å². The van der Waals surface area contributed by atoms with E-state index in [9.17, 15) is 4.79 Å². The molecule has 0 fully saturated rings. The number of rotatable bonds is 4. The van der Waals surface area contributed by atoms with Gasteiger partial charge in [0.2, 0.25) is 0 Å². The number of carbonyl (C=O) groups excluding carboxylic acids is 1. The lowest BCUT2D eigenvalue weighted by Crippen LogP contribution is -2.12. The molecule has 98 valence electrons. The van der Waals surface area contributed by atoms with Crippen molar-refractivity contribution in [3.05, 3.63) is 42.1 Å². The van der Waals surface area contributed by atoms with Crippen LogP contribution in [0.5, 0.6) is 5.75 Å². The Morgan fingerprint density at radius 1 is 1.16 bits per heavy atom. The number of aromatic nitrogens is 1. The number of nitrogens with zero attached hydrogens (tertiary/aromatic N) is 2. The number of anilines is 1. The number of aldehydes is 1. The first-order valence-corrected chi connectivity index (χ1v) is 5.92. The first-order valence-electron chi connectivity index (χ1n) is 5.92. The van der Waals surface area contributed by atoms with Crippen LogP contribution in [0, 0.1) is 0 Å². The zero-order valence-corrected chi connectivity index (χ0v) is 11.3. The van der Waals surface area contributed by atoms with Gasteiger partial charge in [0, 0.05) is 31.4 Å². The minimum Gasteiger partial charge on any atom is -0.493 e. The Kier molecular flexibility index (Phi) is 3.80. The Labute approximate surface area is 112 Å². The second-order valence-corrected chi connectivity index (χ2v) is 4.38. The standard InChI is InChI=1S/C15H16N2O2/c1-17(2)15-14(19-3)8-13(9-16-15)12-6-4-11(10-18)5-7-12/h4-10H,1-3H3. The first kappa shape index (κ1) is 13.1. The molecule has 0 radical (unpaired) electrons. The maximum atomic E-state index is 10.6. The highest BCUT2D eigenvalue weighted by Crippen LogP contribution is 2.29. The van der Waals surface area contributed by atoms with Gasteiger partial charge >= 0.3 is 0 Å². The van der Waals surface area contributed by atoms with E-state index in [0.717, 1.165) is 29.0 Å². The first-order chi connectivity index (χ1) is 9.15. The summed E-state index contributed by atoms with van der Waals surface area (Å²) in [7, 11) is 5.47. The maximum absolute atomic E-state index is 10.6. The molecule has 0 N–H and O–H groups in total. The third kappa shape index (κ3) is 2.73. The molecule has 0 aliphatic rings. The third-order valence-electron chi connectivity index (χ3n) is 2.86. The molecule has 0 saturated carbocycles. The van der Waals surface area contributed by atoms with Crippen LogP contribution in [0.25, 0.3) is 11.1 Å².